The summed E-state index contributed by atoms with van der Waals surface area (Å²) in [5.41, 5.74) is 7.68. The summed E-state index contributed by atoms with van der Waals surface area (Å²) in [5.74, 6) is 4.65. The van der Waals surface area contributed by atoms with Crippen LogP contribution in [0.5, 0.6) is 0 Å². The minimum Gasteiger partial charge on any atom is -0.372 e. The summed E-state index contributed by atoms with van der Waals surface area (Å²) < 4.78 is 0. The SMILES string of the molecule is CC[C@H]1CC[C@H]2[C@@H]3CCC4CC(c5ccc(N6CCCCC6)cc5)CCC4=C3CC[C@]12C. The number of allylic oxidation sites excluding steroid dienone is 2. The summed E-state index contributed by atoms with van der Waals surface area (Å²) in [5, 5.41) is 0. The van der Waals surface area contributed by atoms with Gasteiger partial charge in [-0.05, 0) is 130 Å². The van der Waals surface area contributed by atoms with Crippen molar-refractivity contribution in [2.75, 3.05) is 18.0 Å². The van der Waals surface area contributed by atoms with E-state index in [0.29, 0.717) is 5.41 Å². The van der Waals surface area contributed by atoms with Crippen LogP contribution in [0.1, 0.15) is 109 Å². The lowest BCUT2D eigenvalue weighted by Crippen LogP contribution is -2.41. The number of fused-ring (bicyclic) bond motifs is 4. The van der Waals surface area contributed by atoms with Crippen molar-refractivity contribution in [2.45, 2.75) is 103 Å². The van der Waals surface area contributed by atoms with Crippen LogP contribution < -0.4 is 4.90 Å². The Morgan fingerprint density at radius 2 is 1.66 bits per heavy atom. The molecule has 4 fully saturated rings. The summed E-state index contributed by atoms with van der Waals surface area (Å²) in [6.07, 6.45) is 18.7. The Labute approximate surface area is 197 Å². The zero-order chi connectivity index (χ0) is 21.7. The average Bonchev–Trinajstić information content (AvgIpc) is 3.20. The van der Waals surface area contributed by atoms with Gasteiger partial charge in [-0.15, -0.1) is 0 Å². The minimum absolute atomic E-state index is 0.656. The van der Waals surface area contributed by atoms with E-state index < -0.39 is 0 Å². The normalized spacial score (nSPS) is 39.4. The number of benzene rings is 1. The molecule has 4 aliphatic carbocycles. The van der Waals surface area contributed by atoms with Crippen LogP contribution in [0.4, 0.5) is 5.69 Å². The van der Waals surface area contributed by atoms with Gasteiger partial charge >= 0.3 is 0 Å². The summed E-state index contributed by atoms with van der Waals surface area (Å²) in [6, 6.07) is 9.82. The molecule has 1 aromatic carbocycles. The molecule has 1 nitrogen and oxygen atoms in total. The van der Waals surface area contributed by atoms with E-state index in [2.05, 4.69) is 43.0 Å². The summed E-state index contributed by atoms with van der Waals surface area (Å²) >= 11 is 0. The highest BCUT2D eigenvalue weighted by Crippen LogP contribution is 2.63. The van der Waals surface area contributed by atoms with E-state index in [1.54, 1.807) is 5.56 Å². The Balaban J connectivity index is 1.16. The van der Waals surface area contributed by atoms with Crippen molar-refractivity contribution in [2.24, 2.45) is 29.1 Å². The van der Waals surface area contributed by atoms with Crippen molar-refractivity contribution in [3.05, 3.63) is 41.0 Å². The van der Waals surface area contributed by atoms with E-state index in [9.17, 15) is 0 Å². The molecule has 1 aromatic rings. The highest BCUT2D eigenvalue weighted by molar-refractivity contribution is 5.48. The van der Waals surface area contributed by atoms with Crippen LogP contribution in [0.25, 0.3) is 0 Å². The van der Waals surface area contributed by atoms with Crippen molar-refractivity contribution >= 4 is 5.69 Å². The van der Waals surface area contributed by atoms with Gasteiger partial charge in [0.05, 0.1) is 0 Å². The van der Waals surface area contributed by atoms with Gasteiger partial charge in [-0.1, -0.05) is 43.5 Å². The number of anilines is 1. The first kappa shape index (κ1) is 21.3. The van der Waals surface area contributed by atoms with Gasteiger partial charge in [-0.3, -0.25) is 0 Å². The second-order valence-corrected chi connectivity index (χ2v) is 12.3. The van der Waals surface area contributed by atoms with Crippen LogP contribution in [0.3, 0.4) is 0 Å². The van der Waals surface area contributed by atoms with Gasteiger partial charge in [0.1, 0.15) is 0 Å². The molecule has 0 N–H and O–H groups in total. The zero-order valence-electron chi connectivity index (χ0n) is 20.7. The first-order valence-corrected chi connectivity index (χ1v) is 14.2. The Hall–Kier alpha value is -1.24. The molecule has 6 atom stereocenters. The van der Waals surface area contributed by atoms with Gasteiger partial charge in [0.2, 0.25) is 0 Å². The maximum absolute atomic E-state index is 2.68. The van der Waals surface area contributed by atoms with Crippen molar-refractivity contribution in [3.63, 3.8) is 0 Å². The van der Waals surface area contributed by atoms with Crippen LogP contribution in [-0.4, -0.2) is 13.1 Å². The molecule has 1 saturated heterocycles. The lowest BCUT2D eigenvalue weighted by Gasteiger charge is -2.51. The second-order valence-electron chi connectivity index (χ2n) is 12.3. The number of hydrogen-bond donors (Lipinski definition) is 0. The van der Waals surface area contributed by atoms with Crippen molar-refractivity contribution in [3.8, 4) is 0 Å². The fourth-order valence-electron chi connectivity index (χ4n) is 9.32. The Morgan fingerprint density at radius 3 is 2.44 bits per heavy atom. The van der Waals surface area contributed by atoms with E-state index in [-0.39, 0.29) is 0 Å². The Kier molecular flexibility index (Phi) is 5.67. The quantitative estimate of drug-likeness (QED) is 0.434. The zero-order valence-corrected chi connectivity index (χ0v) is 20.7. The van der Waals surface area contributed by atoms with Gasteiger partial charge in [-0.25, -0.2) is 0 Å². The molecule has 5 aliphatic rings. The highest BCUT2D eigenvalue weighted by Gasteiger charge is 2.53. The van der Waals surface area contributed by atoms with E-state index >= 15 is 0 Å². The molecule has 0 spiro atoms. The predicted molar refractivity (Wildman–Crippen MR) is 136 cm³/mol. The first-order valence-electron chi connectivity index (χ1n) is 14.2. The molecular formula is C31H45N. The van der Waals surface area contributed by atoms with Crippen LogP contribution in [0.2, 0.25) is 0 Å². The van der Waals surface area contributed by atoms with Gasteiger partial charge in [-0.2, -0.15) is 0 Å². The number of piperidine rings is 1. The lowest BCUT2D eigenvalue weighted by atomic mass is 9.54. The number of hydrogen-bond acceptors (Lipinski definition) is 1. The molecule has 174 valence electrons. The van der Waals surface area contributed by atoms with Crippen LogP contribution in [-0.2, 0) is 0 Å². The van der Waals surface area contributed by atoms with Gasteiger partial charge in [0.15, 0.2) is 0 Å². The van der Waals surface area contributed by atoms with Gasteiger partial charge < -0.3 is 4.90 Å². The molecule has 1 heteroatoms. The summed E-state index contributed by atoms with van der Waals surface area (Å²) in [7, 11) is 0. The average molecular weight is 432 g/mol. The molecule has 0 bridgehead atoms. The third-order valence-electron chi connectivity index (χ3n) is 11.1. The fourth-order valence-corrected chi connectivity index (χ4v) is 9.32. The molecule has 6 rings (SSSR count). The van der Waals surface area contributed by atoms with Gasteiger partial charge in [0, 0.05) is 18.8 Å². The van der Waals surface area contributed by atoms with Crippen LogP contribution in [0.15, 0.2) is 35.4 Å². The number of nitrogens with zero attached hydrogens (tertiary/aromatic N) is 1. The first-order chi connectivity index (χ1) is 15.7. The van der Waals surface area contributed by atoms with Crippen molar-refractivity contribution in [1.82, 2.24) is 0 Å². The fraction of sp³-hybridized carbons (Fsp3) is 0.742. The molecule has 0 radical (unpaired) electrons. The third-order valence-corrected chi connectivity index (χ3v) is 11.1. The van der Waals surface area contributed by atoms with Crippen LogP contribution >= 0.6 is 0 Å². The highest BCUT2D eigenvalue weighted by atomic mass is 15.1. The predicted octanol–water partition coefficient (Wildman–Crippen LogP) is 8.50. The van der Waals surface area contributed by atoms with Crippen LogP contribution in [0, 0.1) is 29.1 Å². The van der Waals surface area contributed by atoms with Crippen molar-refractivity contribution < 1.29 is 0 Å². The molecule has 3 saturated carbocycles. The molecule has 2 unspecified atom stereocenters. The maximum atomic E-state index is 2.68. The standard InChI is InChI=1S/C31H45N/c1-3-25-11-16-30-29-15-10-24-21-23(9-14-27(24)28(29)17-18-31(25,30)2)22-7-12-26(13-8-22)32-19-5-4-6-20-32/h7-8,12-13,23-25,29-30H,3-6,9-11,14-21H2,1-2H3/t23?,24?,25-,29+,30-,31+/m0/s1. The molecule has 32 heavy (non-hydrogen) atoms. The van der Waals surface area contributed by atoms with Crippen molar-refractivity contribution in [1.29, 1.82) is 0 Å². The maximum Gasteiger partial charge on any atom is 0.0366 e. The molecular weight excluding hydrogens is 386 g/mol. The second kappa shape index (κ2) is 8.52. The Bertz CT molecular complexity index is 844. The topological polar surface area (TPSA) is 3.24 Å². The lowest BCUT2D eigenvalue weighted by molar-refractivity contribution is 0.0659. The minimum atomic E-state index is 0.656. The number of rotatable bonds is 3. The van der Waals surface area contributed by atoms with E-state index in [1.807, 2.05) is 11.1 Å². The smallest absolute Gasteiger partial charge is 0.0366 e. The molecule has 1 heterocycles. The van der Waals surface area contributed by atoms with E-state index in [4.69, 9.17) is 0 Å². The van der Waals surface area contributed by atoms with E-state index in [0.717, 1.165) is 29.6 Å². The monoisotopic (exact) mass is 431 g/mol. The third kappa shape index (κ3) is 3.48. The van der Waals surface area contributed by atoms with Gasteiger partial charge in [0.25, 0.3) is 0 Å². The molecule has 0 aromatic heterocycles. The molecule has 0 amide bonds. The largest absolute Gasteiger partial charge is 0.372 e. The summed E-state index contributed by atoms with van der Waals surface area (Å²) in [4.78, 5) is 2.60. The Morgan fingerprint density at radius 1 is 0.844 bits per heavy atom. The summed E-state index contributed by atoms with van der Waals surface area (Å²) in [6.45, 7) is 7.63. The molecule has 1 aliphatic heterocycles. The van der Waals surface area contributed by atoms with E-state index in [1.165, 1.54) is 102 Å².